The Morgan fingerprint density at radius 2 is 1.95 bits per heavy atom. The highest BCUT2D eigenvalue weighted by molar-refractivity contribution is 7.98. The minimum Gasteiger partial charge on any atom is -0.465 e. The molecule has 0 aromatic heterocycles. The summed E-state index contributed by atoms with van der Waals surface area (Å²) in [5, 5.41) is 0.975. The summed E-state index contributed by atoms with van der Waals surface area (Å²) in [7, 11) is 1.22. The van der Waals surface area contributed by atoms with Crippen LogP contribution in [0.3, 0.4) is 0 Å². The Hall–Kier alpha value is -1.23. The molecule has 21 heavy (non-hydrogen) atoms. The first-order valence-electron chi connectivity index (χ1n) is 5.96. The minimum absolute atomic E-state index is 0.0687. The van der Waals surface area contributed by atoms with Gasteiger partial charge in [0.2, 0.25) is 0 Å². The number of carbonyl (C=O) groups is 1. The van der Waals surface area contributed by atoms with Gasteiger partial charge < -0.3 is 4.74 Å². The van der Waals surface area contributed by atoms with Crippen molar-refractivity contribution in [2.75, 3.05) is 7.11 Å². The molecule has 0 aliphatic rings. The monoisotopic (exact) mass is 344 g/mol. The highest BCUT2D eigenvalue weighted by Crippen LogP contribution is 2.30. The zero-order valence-electron chi connectivity index (χ0n) is 11.0. The third-order valence-corrected chi connectivity index (χ3v) is 4.54. The predicted octanol–water partition coefficient (Wildman–Crippen LogP) is 5.21. The number of ether oxygens (including phenoxy) is 1. The molecule has 0 saturated heterocycles. The van der Waals surface area contributed by atoms with Crippen molar-refractivity contribution in [3.63, 3.8) is 0 Å². The number of thioether (sulfide) groups is 1. The van der Waals surface area contributed by atoms with Crippen molar-refractivity contribution in [3.8, 4) is 0 Å². The molecule has 0 fully saturated rings. The highest BCUT2D eigenvalue weighted by Gasteiger charge is 2.12. The summed E-state index contributed by atoms with van der Waals surface area (Å²) in [5.41, 5.74) is 0.692. The standard InChI is InChI=1S/C15H11Cl2FO2S/c1-20-15(19)11-4-2-9(6-14(11)18)8-21-10-3-5-12(16)13(17)7-10/h2-7H,8H2,1H3. The normalized spacial score (nSPS) is 10.5. The Kier molecular flexibility index (Phi) is 5.51. The fourth-order valence-electron chi connectivity index (χ4n) is 1.66. The van der Waals surface area contributed by atoms with E-state index in [4.69, 9.17) is 23.2 Å². The lowest BCUT2D eigenvalue weighted by Gasteiger charge is -2.06. The van der Waals surface area contributed by atoms with Crippen LogP contribution in [0, 0.1) is 5.82 Å². The van der Waals surface area contributed by atoms with E-state index in [0.717, 1.165) is 10.5 Å². The molecule has 0 unspecified atom stereocenters. The van der Waals surface area contributed by atoms with Gasteiger partial charge >= 0.3 is 5.97 Å². The summed E-state index contributed by atoms with van der Waals surface area (Å²) in [6.07, 6.45) is 0. The number of hydrogen-bond acceptors (Lipinski definition) is 3. The molecule has 0 radical (unpaired) electrons. The molecule has 0 aliphatic heterocycles. The molecule has 6 heteroatoms. The molecule has 0 heterocycles. The van der Waals surface area contributed by atoms with Crippen LogP contribution in [-0.2, 0) is 10.5 Å². The van der Waals surface area contributed by atoms with Crippen LogP contribution in [0.1, 0.15) is 15.9 Å². The van der Waals surface area contributed by atoms with Crippen molar-refractivity contribution in [1.29, 1.82) is 0 Å². The number of methoxy groups -OCH3 is 1. The zero-order valence-corrected chi connectivity index (χ0v) is 13.4. The van der Waals surface area contributed by atoms with Crippen molar-refractivity contribution in [2.24, 2.45) is 0 Å². The van der Waals surface area contributed by atoms with Crippen LogP contribution in [0.4, 0.5) is 4.39 Å². The molecular weight excluding hydrogens is 334 g/mol. The van der Waals surface area contributed by atoms with Gasteiger partial charge in [0, 0.05) is 10.6 Å². The maximum Gasteiger partial charge on any atom is 0.340 e. The van der Waals surface area contributed by atoms with E-state index in [2.05, 4.69) is 4.74 Å². The molecule has 2 aromatic rings. The lowest BCUT2D eigenvalue weighted by Crippen LogP contribution is -2.04. The number of hydrogen-bond donors (Lipinski definition) is 0. The van der Waals surface area contributed by atoms with E-state index < -0.39 is 11.8 Å². The molecule has 2 aromatic carbocycles. The smallest absolute Gasteiger partial charge is 0.340 e. The van der Waals surface area contributed by atoms with Crippen LogP contribution in [0.15, 0.2) is 41.3 Å². The number of benzene rings is 2. The van der Waals surface area contributed by atoms with Gasteiger partial charge in [-0.15, -0.1) is 11.8 Å². The summed E-state index contributed by atoms with van der Waals surface area (Å²) >= 11 is 13.3. The molecule has 0 saturated carbocycles. The van der Waals surface area contributed by atoms with Crippen LogP contribution in [0.2, 0.25) is 10.0 Å². The third kappa shape index (κ3) is 4.13. The first kappa shape index (κ1) is 16.1. The number of carbonyl (C=O) groups excluding carboxylic acids is 1. The van der Waals surface area contributed by atoms with Gasteiger partial charge in [0.25, 0.3) is 0 Å². The van der Waals surface area contributed by atoms with Crippen molar-refractivity contribution in [3.05, 3.63) is 63.4 Å². The minimum atomic E-state index is -0.684. The largest absolute Gasteiger partial charge is 0.465 e. The Morgan fingerprint density at radius 3 is 2.57 bits per heavy atom. The summed E-state index contributed by atoms with van der Waals surface area (Å²) < 4.78 is 18.3. The molecular formula is C15H11Cl2FO2S. The van der Waals surface area contributed by atoms with Crippen molar-refractivity contribution >= 4 is 40.9 Å². The van der Waals surface area contributed by atoms with Gasteiger partial charge in [0.1, 0.15) is 5.82 Å². The van der Waals surface area contributed by atoms with Crippen LogP contribution < -0.4 is 0 Å². The summed E-state index contributed by atoms with van der Waals surface area (Å²) in [5.74, 6) is -0.721. The first-order valence-corrected chi connectivity index (χ1v) is 7.70. The van der Waals surface area contributed by atoms with Gasteiger partial charge in [-0.2, -0.15) is 0 Å². The van der Waals surface area contributed by atoms with Crippen molar-refractivity contribution in [1.82, 2.24) is 0 Å². The van der Waals surface area contributed by atoms with Crippen LogP contribution in [0.25, 0.3) is 0 Å². The average molecular weight is 345 g/mol. The van der Waals surface area contributed by atoms with Gasteiger partial charge in [0.15, 0.2) is 0 Å². The highest BCUT2D eigenvalue weighted by atomic mass is 35.5. The summed E-state index contributed by atoms with van der Waals surface area (Å²) in [6, 6.07) is 9.77. The predicted molar refractivity (Wildman–Crippen MR) is 83.8 cm³/mol. The Bertz CT molecular complexity index is 677. The fraction of sp³-hybridized carbons (Fsp3) is 0.133. The first-order chi connectivity index (χ1) is 10.0. The lowest BCUT2D eigenvalue weighted by atomic mass is 10.1. The fourth-order valence-corrected chi connectivity index (χ4v) is 2.90. The molecule has 0 N–H and O–H groups in total. The van der Waals surface area contributed by atoms with Gasteiger partial charge in [-0.25, -0.2) is 9.18 Å². The molecule has 0 atom stereocenters. The second-order valence-corrected chi connectivity index (χ2v) is 6.03. The van der Waals surface area contributed by atoms with Gasteiger partial charge in [0.05, 0.1) is 22.7 Å². The quantitative estimate of drug-likeness (QED) is 0.562. The lowest BCUT2D eigenvalue weighted by molar-refractivity contribution is 0.0595. The van der Waals surface area contributed by atoms with E-state index in [1.54, 1.807) is 18.2 Å². The molecule has 2 nitrogen and oxygen atoms in total. The topological polar surface area (TPSA) is 26.3 Å². The van der Waals surface area contributed by atoms with E-state index >= 15 is 0 Å². The second-order valence-electron chi connectivity index (χ2n) is 4.17. The van der Waals surface area contributed by atoms with Crippen LogP contribution in [0.5, 0.6) is 0 Å². The maximum atomic E-state index is 13.8. The van der Waals surface area contributed by atoms with Crippen molar-refractivity contribution in [2.45, 2.75) is 10.6 Å². The van der Waals surface area contributed by atoms with Crippen LogP contribution >= 0.6 is 35.0 Å². The van der Waals surface area contributed by atoms with Crippen LogP contribution in [-0.4, -0.2) is 13.1 Å². The van der Waals surface area contributed by atoms with E-state index in [-0.39, 0.29) is 5.56 Å². The number of halogens is 3. The molecule has 0 spiro atoms. The Balaban J connectivity index is 2.08. The molecule has 0 bridgehead atoms. The maximum absolute atomic E-state index is 13.8. The summed E-state index contributed by atoms with van der Waals surface area (Å²) in [6.45, 7) is 0. The van der Waals surface area contributed by atoms with E-state index in [1.807, 2.05) is 6.07 Å². The Labute approximate surface area is 136 Å². The summed E-state index contributed by atoms with van der Waals surface area (Å²) in [4.78, 5) is 12.2. The van der Waals surface area contributed by atoms with E-state index in [1.165, 1.54) is 31.0 Å². The SMILES string of the molecule is COC(=O)c1ccc(CSc2ccc(Cl)c(Cl)c2)cc1F. The molecule has 110 valence electrons. The van der Waals surface area contributed by atoms with Gasteiger partial charge in [-0.1, -0.05) is 29.3 Å². The van der Waals surface area contributed by atoms with Gasteiger partial charge in [-0.3, -0.25) is 0 Å². The zero-order chi connectivity index (χ0) is 15.4. The Morgan fingerprint density at radius 1 is 1.19 bits per heavy atom. The van der Waals surface area contributed by atoms with E-state index in [0.29, 0.717) is 15.8 Å². The molecule has 2 rings (SSSR count). The number of esters is 1. The second kappa shape index (κ2) is 7.16. The molecule has 0 amide bonds. The van der Waals surface area contributed by atoms with E-state index in [9.17, 15) is 9.18 Å². The average Bonchev–Trinajstić information content (AvgIpc) is 2.48. The van der Waals surface area contributed by atoms with Gasteiger partial charge in [-0.05, 0) is 35.9 Å². The van der Waals surface area contributed by atoms with Crippen molar-refractivity contribution < 1.29 is 13.9 Å². The third-order valence-electron chi connectivity index (χ3n) is 2.74. The molecule has 0 aliphatic carbocycles. The number of rotatable bonds is 4.